The minimum Gasteiger partial charge on any atom is -0.484 e. The van der Waals surface area contributed by atoms with Gasteiger partial charge in [0.15, 0.2) is 6.61 Å². The number of benzene rings is 2. The molecular weight excluding hydrogens is 457 g/mol. The number of piperidine rings is 3. The molecule has 6 rings (SSSR count). The molecular formula is C27H31F3N2O3. The van der Waals surface area contributed by atoms with Gasteiger partial charge in [-0.05, 0) is 78.1 Å². The van der Waals surface area contributed by atoms with Crippen LogP contribution in [0.25, 0.3) is 11.1 Å². The predicted octanol–water partition coefficient (Wildman–Crippen LogP) is 5.74. The first kappa shape index (κ1) is 24.0. The Morgan fingerprint density at radius 2 is 1.77 bits per heavy atom. The number of hydrogen-bond acceptors (Lipinski definition) is 4. The van der Waals surface area contributed by atoms with E-state index < -0.39 is 12.8 Å². The SMILES string of the molecule is CC1(C)Cc2cc(-c3ccc(OCC(F)(F)F)cc3)ccc2C1NC(=O)O[C@H]1CN2CCC1CC2. The van der Waals surface area contributed by atoms with Gasteiger partial charge in [-0.3, -0.25) is 4.90 Å². The molecule has 1 aliphatic carbocycles. The molecule has 35 heavy (non-hydrogen) atoms. The first-order chi connectivity index (χ1) is 16.6. The van der Waals surface area contributed by atoms with E-state index >= 15 is 0 Å². The Hall–Kier alpha value is -2.74. The standard InChI is InChI=1S/C27H31F3N2O3/c1-26(2)14-20-13-19(17-3-6-21(7-4-17)34-16-27(28,29)30)5-8-22(20)24(26)31-25(33)35-23-15-32-11-9-18(23)10-12-32/h3-8,13,18,23-24H,9-12,14-16H2,1-2H3,(H,31,33)/t23-,24?/m0/s1. The lowest BCUT2D eigenvalue weighted by Gasteiger charge is -2.44. The van der Waals surface area contributed by atoms with Crippen LogP contribution in [0.3, 0.4) is 0 Å². The highest BCUT2D eigenvalue weighted by molar-refractivity contribution is 5.70. The summed E-state index contributed by atoms with van der Waals surface area (Å²) in [5, 5.41) is 3.14. The zero-order valence-electron chi connectivity index (χ0n) is 20.0. The molecule has 8 heteroatoms. The number of hydrogen-bond donors (Lipinski definition) is 1. The van der Waals surface area contributed by atoms with E-state index in [1.54, 1.807) is 24.3 Å². The molecule has 3 saturated heterocycles. The van der Waals surface area contributed by atoms with Crippen LogP contribution < -0.4 is 10.1 Å². The smallest absolute Gasteiger partial charge is 0.422 e. The fourth-order valence-corrected chi connectivity index (χ4v) is 5.75. The second-order valence-corrected chi connectivity index (χ2v) is 10.7. The van der Waals surface area contributed by atoms with Crippen LogP contribution in [0.15, 0.2) is 42.5 Å². The summed E-state index contributed by atoms with van der Waals surface area (Å²) in [5.41, 5.74) is 3.91. The Morgan fingerprint density at radius 1 is 1.09 bits per heavy atom. The van der Waals surface area contributed by atoms with Gasteiger partial charge in [0.05, 0.1) is 6.04 Å². The Morgan fingerprint density at radius 3 is 2.40 bits per heavy atom. The summed E-state index contributed by atoms with van der Waals surface area (Å²) in [6.07, 6.45) is -1.77. The van der Waals surface area contributed by atoms with E-state index in [9.17, 15) is 18.0 Å². The van der Waals surface area contributed by atoms with Crippen molar-refractivity contribution >= 4 is 6.09 Å². The third-order valence-electron chi connectivity index (χ3n) is 7.59. The number of rotatable bonds is 5. The third-order valence-corrected chi connectivity index (χ3v) is 7.59. The van der Waals surface area contributed by atoms with Gasteiger partial charge in [-0.2, -0.15) is 13.2 Å². The maximum Gasteiger partial charge on any atom is 0.422 e. The van der Waals surface area contributed by atoms with Crippen molar-refractivity contribution in [2.45, 2.75) is 51.4 Å². The lowest BCUT2D eigenvalue weighted by atomic mass is 9.85. The minimum absolute atomic E-state index is 0.0352. The molecule has 1 amide bonds. The van der Waals surface area contributed by atoms with E-state index in [0.29, 0.717) is 5.92 Å². The summed E-state index contributed by atoms with van der Waals surface area (Å²) < 4.78 is 47.8. The number of carbonyl (C=O) groups is 1. The molecule has 3 aliphatic heterocycles. The summed E-state index contributed by atoms with van der Waals surface area (Å²) in [5.74, 6) is 0.640. The molecule has 2 aromatic rings. The van der Waals surface area contributed by atoms with Crippen LogP contribution in [0.1, 0.15) is 43.9 Å². The molecule has 0 saturated carbocycles. The molecule has 2 bridgehead atoms. The van der Waals surface area contributed by atoms with Crippen molar-refractivity contribution in [3.05, 3.63) is 53.6 Å². The molecule has 1 N–H and O–H groups in total. The Labute approximate surface area is 203 Å². The molecule has 2 aromatic carbocycles. The largest absolute Gasteiger partial charge is 0.484 e. The van der Waals surface area contributed by atoms with Gasteiger partial charge >= 0.3 is 12.3 Å². The van der Waals surface area contributed by atoms with Gasteiger partial charge in [-0.25, -0.2) is 4.79 Å². The van der Waals surface area contributed by atoms with Crippen LogP contribution >= 0.6 is 0 Å². The van der Waals surface area contributed by atoms with Crippen LogP contribution in [0.2, 0.25) is 0 Å². The third kappa shape index (κ3) is 5.27. The molecule has 3 fully saturated rings. The molecule has 3 heterocycles. The second kappa shape index (κ2) is 9.04. The Balaban J connectivity index is 1.26. The monoisotopic (exact) mass is 488 g/mol. The number of fused-ring (bicyclic) bond motifs is 4. The van der Waals surface area contributed by atoms with Crippen LogP contribution in [0, 0.1) is 11.3 Å². The number of alkyl halides is 3. The van der Waals surface area contributed by atoms with E-state index in [2.05, 4.69) is 30.1 Å². The first-order valence-corrected chi connectivity index (χ1v) is 12.2. The number of nitrogens with one attached hydrogen (secondary N) is 1. The zero-order valence-corrected chi connectivity index (χ0v) is 20.0. The van der Waals surface area contributed by atoms with E-state index in [-0.39, 0.29) is 29.4 Å². The molecule has 0 spiro atoms. The predicted molar refractivity (Wildman–Crippen MR) is 126 cm³/mol. The van der Waals surface area contributed by atoms with Crippen molar-refractivity contribution in [1.29, 1.82) is 0 Å². The van der Waals surface area contributed by atoms with E-state index in [4.69, 9.17) is 9.47 Å². The maximum absolute atomic E-state index is 12.8. The Bertz CT molecular complexity index is 1080. The number of nitrogens with zero attached hydrogens (tertiary/aromatic N) is 1. The van der Waals surface area contributed by atoms with Crippen LogP contribution in [-0.2, 0) is 11.2 Å². The topological polar surface area (TPSA) is 50.8 Å². The molecule has 2 atom stereocenters. The van der Waals surface area contributed by atoms with Gasteiger partial charge < -0.3 is 14.8 Å². The summed E-state index contributed by atoms with van der Waals surface area (Å²) in [6.45, 7) is 5.99. The Kier molecular flexibility index (Phi) is 6.20. The molecule has 0 aromatic heterocycles. The normalized spacial score (nSPS) is 26.8. The summed E-state index contributed by atoms with van der Waals surface area (Å²) in [6, 6.07) is 12.6. The highest BCUT2D eigenvalue weighted by Gasteiger charge is 2.42. The summed E-state index contributed by atoms with van der Waals surface area (Å²) >= 11 is 0. The van der Waals surface area contributed by atoms with Crippen molar-refractivity contribution in [3.8, 4) is 16.9 Å². The molecule has 5 nitrogen and oxygen atoms in total. The molecule has 1 unspecified atom stereocenters. The van der Waals surface area contributed by atoms with Gasteiger partial charge in [0.1, 0.15) is 11.9 Å². The van der Waals surface area contributed by atoms with E-state index in [1.165, 1.54) is 0 Å². The quantitative estimate of drug-likeness (QED) is 0.583. The van der Waals surface area contributed by atoms with Crippen molar-refractivity contribution < 1.29 is 27.4 Å². The zero-order chi connectivity index (χ0) is 24.8. The first-order valence-electron chi connectivity index (χ1n) is 12.2. The van der Waals surface area contributed by atoms with Gasteiger partial charge in [0.25, 0.3) is 0 Å². The average Bonchev–Trinajstić information content (AvgIpc) is 3.07. The van der Waals surface area contributed by atoms with Gasteiger partial charge in [-0.1, -0.05) is 44.2 Å². The lowest BCUT2D eigenvalue weighted by Crippen LogP contribution is -2.53. The maximum atomic E-state index is 12.8. The molecule has 0 radical (unpaired) electrons. The number of alkyl carbamates (subject to hydrolysis) is 1. The van der Waals surface area contributed by atoms with Crippen LogP contribution in [-0.4, -0.2) is 49.5 Å². The van der Waals surface area contributed by atoms with Crippen molar-refractivity contribution in [2.24, 2.45) is 11.3 Å². The number of carbonyl (C=O) groups excluding carboxylic acids is 1. The molecule has 188 valence electrons. The summed E-state index contributed by atoms with van der Waals surface area (Å²) in [7, 11) is 0. The fourth-order valence-electron chi connectivity index (χ4n) is 5.75. The van der Waals surface area contributed by atoms with Crippen LogP contribution in [0.4, 0.5) is 18.0 Å². The number of ether oxygens (including phenoxy) is 2. The van der Waals surface area contributed by atoms with E-state index in [1.807, 2.05) is 12.1 Å². The van der Waals surface area contributed by atoms with Crippen molar-refractivity contribution in [3.63, 3.8) is 0 Å². The number of halogens is 3. The molecule has 4 aliphatic rings. The second-order valence-electron chi connectivity index (χ2n) is 10.7. The minimum atomic E-state index is -4.36. The fraction of sp³-hybridized carbons (Fsp3) is 0.519. The lowest BCUT2D eigenvalue weighted by molar-refractivity contribution is -0.153. The van der Waals surface area contributed by atoms with Gasteiger partial charge in [0.2, 0.25) is 0 Å². The summed E-state index contributed by atoms with van der Waals surface area (Å²) in [4.78, 5) is 15.2. The van der Waals surface area contributed by atoms with E-state index in [0.717, 1.165) is 61.2 Å². The highest BCUT2D eigenvalue weighted by atomic mass is 19.4. The number of amides is 1. The van der Waals surface area contributed by atoms with Crippen LogP contribution in [0.5, 0.6) is 5.75 Å². The van der Waals surface area contributed by atoms with Crippen molar-refractivity contribution in [2.75, 3.05) is 26.2 Å². The van der Waals surface area contributed by atoms with Gasteiger partial charge in [-0.15, -0.1) is 0 Å². The highest BCUT2D eigenvalue weighted by Crippen LogP contribution is 2.46. The van der Waals surface area contributed by atoms with Crippen molar-refractivity contribution in [1.82, 2.24) is 10.2 Å². The average molecular weight is 489 g/mol. The van der Waals surface area contributed by atoms with Gasteiger partial charge in [0, 0.05) is 6.54 Å².